The second kappa shape index (κ2) is 16.1. The highest BCUT2D eigenvalue weighted by atomic mass is 32.1. The minimum Gasteiger partial charge on any atom is -0.456 e. The first-order chi connectivity index (χ1) is 23.9. The van der Waals surface area contributed by atoms with Crippen molar-refractivity contribution in [3.63, 3.8) is 0 Å². The lowest BCUT2D eigenvalue weighted by Gasteiger charge is -2.27. The molecule has 10 nitrogen and oxygen atoms in total. The van der Waals surface area contributed by atoms with Gasteiger partial charge in [-0.25, -0.2) is 13.6 Å². The number of rotatable bonds is 11. The summed E-state index contributed by atoms with van der Waals surface area (Å²) < 4.78 is 45.7. The average Bonchev–Trinajstić information content (AvgIpc) is 3.50. The van der Waals surface area contributed by atoms with E-state index in [1.54, 1.807) is 36.5 Å². The quantitative estimate of drug-likeness (QED) is 0.132. The van der Waals surface area contributed by atoms with Crippen LogP contribution in [-0.2, 0) is 27.2 Å². The largest absolute Gasteiger partial charge is 0.456 e. The van der Waals surface area contributed by atoms with Crippen LogP contribution in [0.25, 0.3) is 20.8 Å². The Balaban J connectivity index is 1.23. The number of fused-ring (bicyclic) bond motifs is 1. The Morgan fingerprint density at radius 2 is 1.74 bits per heavy atom. The van der Waals surface area contributed by atoms with Crippen molar-refractivity contribution in [2.75, 3.05) is 25.6 Å². The van der Waals surface area contributed by atoms with Crippen LogP contribution in [0.15, 0.2) is 79.1 Å². The molecule has 2 aromatic carbocycles. The number of halogens is 2. The molecule has 5 rings (SSSR count). The van der Waals surface area contributed by atoms with Crippen molar-refractivity contribution in [1.82, 2.24) is 20.2 Å². The smallest absolute Gasteiger partial charge is 0.410 e. The van der Waals surface area contributed by atoms with Gasteiger partial charge in [0.25, 0.3) is 0 Å². The number of thiocarbonyl (C=S) groups is 1. The van der Waals surface area contributed by atoms with E-state index in [1.165, 1.54) is 47.7 Å². The Bertz CT molecular complexity index is 1980. The molecule has 260 valence electrons. The molecule has 3 heterocycles. The van der Waals surface area contributed by atoms with Gasteiger partial charge in [-0.05, 0) is 80.5 Å². The van der Waals surface area contributed by atoms with Crippen LogP contribution < -0.4 is 15.4 Å². The van der Waals surface area contributed by atoms with E-state index >= 15 is 4.39 Å². The zero-order valence-electron chi connectivity index (χ0n) is 27.8. The van der Waals surface area contributed by atoms with E-state index in [2.05, 4.69) is 20.6 Å². The second-order valence-corrected chi connectivity index (χ2v) is 13.6. The number of methoxy groups -OCH3 is 1. The van der Waals surface area contributed by atoms with Crippen LogP contribution in [0.2, 0.25) is 0 Å². The van der Waals surface area contributed by atoms with Crippen molar-refractivity contribution >= 4 is 56.6 Å². The average molecular weight is 720 g/mol. The Kier molecular flexibility index (Phi) is 11.7. The van der Waals surface area contributed by atoms with Gasteiger partial charge in [-0.15, -0.1) is 11.3 Å². The molecule has 3 aromatic heterocycles. The zero-order valence-corrected chi connectivity index (χ0v) is 29.4. The van der Waals surface area contributed by atoms with Crippen molar-refractivity contribution in [2.45, 2.75) is 39.3 Å². The maximum atomic E-state index is 15.1. The summed E-state index contributed by atoms with van der Waals surface area (Å²) in [6, 6.07) is 17.1. The summed E-state index contributed by atoms with van der Waals surface area (Å²) in [5.74, 6) is -0.750. The lowest BCUT2D eigenvalue weighted by Crippen LogP contribution is -2.38. The van der Waals surface area contributed by atoms with Gasteiger partial charge in [-0.2, -0.15) is 0 Å². The third kappa shape index (κ3) is 10.00. The highest BCUT2D eigenvalue weighted by molar-refractivity contribution is 7.80. The number of carbonyl (C=O) groups is 2. The van der Waals surface area contributed by atoms with Gasteiger partial charge in [0.15, 0.2) is 5.11 Å². The Morgan fingerprint density at radius 1 is 0.980 bits per heavy atom. The Hall–Kier alpha value is -5.05. The van der Waals surface area contributed by atoms with E-state index in [0.29, 0.717) is 42.2 Å². The fourth-order valence-electron chi connectivity index (χ4n) is 4.67. The normalized spacial score (nSPS) is 11.2. The maximum absolute atomic E-state index is 15.1. The van der Waals surface area contributed by atoms with Crippen molar-refractivity contribution in [3.8, 4) is 22.1 Å². The van der Waals surface area contributed by atoms with Crippen LogP contribution in [0.5, 0.6) is 11.5 Å². The standard InChI is InChI=1S/C36H35F2N5O5S2/c1-36(2,3)48-35(45)43(15-16-46-4)21-23-7-11-28(40-20-23)31-19-29-33(50-31)30(13-14-39-29)47-25-10-12-27(26(38)18-25)41-34(49)42-32(44)17-22-5-8-24(37)9-6-22/h5-14,18-20H,15-17,21H2,1-4H3,(H2,41,42,44,49). The number of benzene rings is 2. The number of nitrogens with one attached hydrogen (secondary N) is 2. The molecule has 2 amide bonds. The number of ether oxygens (including phenoxy) is 3. The Morgan fingerprint density at radius 3 is 2.42 bits per heavy atom. The second-order valence-electron chi connectivity index (χ2n) is 12.1. The number of anilines is 1. The van der Waals surface area contributed by atoms with Gasteiger partial charge in [0.2, 0.25) is 5.91 Å². The van der Waals surface area contributed by atoms with Crippen LogP contribution in [0.3, 0.4) is 0 Å². The summed E-state index contributed by atoms with van der Waals surface area (Å²) in [5, 5.41) is 5.09. The molecule has 2 N–H and O–H groups in total. The zero-order chi connectivity index (χ0) is 35.8. The predicted molar refractivity (Wildman–Crippen MR) is 192 cm³/mol. The molecule has 5 aromatic rings. The lowest BCUT2D eigenvalue weighted by molar-refractivity contribution is -0.119. The molecule has 0 saturated heterocycles. The molecular weight excluding hydrogens is 685 g/mol. The number of pyridine rings is 2. The summed E-state index contributed by atoms with van der Waals surface area (Å²) in [7, 11) is 1.58. The molecule has 0 saturated carbocycles. The first-order valence-electron chi connectivity index (χ1n) is 15.5. The van der Waals surface area contributed by atoms with E-state index < -0.39 is 29.2 Å². The molecule has 0 atom stereocenters. The van der Waals surface area contributed by atoms with Crippen molar-refractivity contribution in [1.29, 1.82) is 0 Å². The molecule has 0 fully saturated rings. The predicted octanol–water partition coefficient (Wildman–Crippen LogP) is 7.87. The van der Waals surface area contributed by atoms with Crippen molar-refractivity contribution in [2.24, 2.45) is 0 Å². The van der Waals surface area contributed by atoms with E-state index in [-0.39, 0.29) is 23.0 Å². The number of carbonyl (C=O) groups excluding carboxylic acids is 2. The molecule has 0 aliphatic heterocycles. The summed E-state index contributed by atoms with van der Waals surface area (Å²) in [6.07, 6.45) is 2.87. The van der Waals surface area contributed by atoms with Gasteiger partial charge in [0.05, 0.1) is 46.0 Å². The fraction of sp³-hybridized carbons (Fsp3) is 0.250. The summed E-state index contributed by atoms with van der Waals surface area (Å²) in [4.78, 5) is 36.6. The van der Waals surface area contributed by atoms with Gasteiger partial charge in [0, 0.05) is 38.2 Å². The van der Waals surface area contributed by atoms with E-state index in [4.69, 9.17) is 26.4 Å². The number of nitrogens with zero attached hydrogens (tertiary/aromatic N) is 3. The molecule has 50 heavy (non-hydrogen) atoms. The molecule has 0 radical (unpaired) electrons. The van der Waals surface area contributed by atoms with Crippen LogP contribution in [0.1, 0.15) is 31.9 Å². The van der Waals surface area contributed by atoms with Crippen LogP contribution >= 0.6 is 23.6 Å². The maximum Gasteiger partial charge on any atom is 0.410 e. The monoisotopic (exact) mass is 719 g/mol. The SMILES string of the molecule is COCCN(Cc1ccc(-c2cc3nccc(Oc4ccc(NC(=S)NC(=O)Cc5ccc(F)cc5)c(F)c4)c3s2)nc1)C(=O)OC(C)(C)C. The molecule has 0 unspecified atom stereocenters. The third-order valence-electron chi connectivity index (χ3n) is 6.99. The van der Waals surface area contributed by atoms with Gasteiger partial charge >= 0.3 is 6.09 Å². The highest BCUT2D eigenvalue weighted by Gasteiger charge is 2.22. The van der Waals surface area contributed by atoms with Gasteiger partial charge in [0.1, 0.15) is 28.7 Å². The van der Waals surface area contributed by atoms with Gasteiger partial charge < -0.3 is 29.7 Å². The van der Waals surface area contributed by atoms with E-state index in [1.807, 2.05) is 39.0 Å². The third-order valence-corrected chi connectivity index (χ3v) is 8.36. The summed E-state index contributed by atoms with van der Waals surface area (Å²) in [6.45, 7) is 6.50. The summed E-state index contributed by atoms with van der Waals surface area (Å²) >= 11 is 6.60. The first-order valence-corrected chi connectivity index (χ1v) is 16.7. The van der Waals surface area contributed by atoms with Crippen LogP contribution in [0.4, 0.5) is 19.3 Å². The molecule has 0 aliphatic carbocycles. The first kappa shape index (κ1) is 36.2. The highest BCUT2D eigenvalue weighted by Crippen LogP contribution is 2.39. The fourth-order valence-corrected chi connectivity index (χ4v) is 5.93. The molecule has 0 bridgehead atoms. The van der Waals surface area contributed by atoms with Gasteiger partial charge in [-0.1, -0.05) is 18.2 Å². The molecular formula is C36H35F2N5O5S2. The van der Waals surface area contributed by atoms with Gasteiger partial charge in [-0.3, -0.25) is 14.8 Å². The number of hydrogen-bond donors (Lipinski definition) is 2. The number of aromatic nitrogens is 2. The minimum atomic E-state index is -0.647. The summed E-state index contributed by atoms with van der Waals surface area (Å²) in [5.41, 5.74) is 2.25. The van der Waals surface area contributed by atoms with Crippen molar-refractivity contribution < 1.29 is 32.6 Å². The molecule has 14 heteroatoms. The lowest BCUT2D eigenvalue weighted by atomic mass is 10.1. The number of amides is 2. The molecule has 0 aliphatic rings. The van der Waals surface area contributed by atoms with Crippen LogP contribution in [0, 0.1) is 11.6 Å². The topological polar surface area (TPSA) is 115 Å². The van der Waals surface area contributed by atoms with Crippen LogP contribution in [-0.4, -0.2) is 57.8 Å². The molecule has 0 spiro atoms. The number of hydrogen-bond acceptors (Lipinski definition) is 9. The van der Waals surface area contributed by atoms with E-state index in [9.17, 15) is 14.0 Å². The van der Waals surface area contributed by atoms with Crippen molar-refractivity contribution in [3.05, 3.63) is 102 Å². The Labute approximate surface area is 297 Å². The van der Waals surface area contributed by atoms with E-state index in [0.717, 1.165) is 15.1 Å². The number of thiophene rings is 1. The minimum absolute atomic E-state index is 0.0204.